The number of carbonyl (C=O) groups is 2. The molecular formula is C26H21FN2O3. The SMILES string of the molecule is C[C@@H](c1ccc(F)cc1)N(Cc1cccc(C(=O)O)c1)C(=O)c1cnc2ccccc2c1. The molecular weight excluding hydrogens is 407 g/mol. The van der Waals surface area contributed by atoms with Crippen molar-refractivity contribution in [3.63, 3.8) is 0 Å². The monoisotopic (exact) mass is 428 g/mol. The van der Waals surface area contributed by atoms with Crippen LogP contribution in [0.25, 0.3) is 10.9 Å². The van der Waals surface area contributed by atoms with E-state index in [2.05, 4.69) is 4.98 Å². The molecule has 3 aromatic carbocycles. The Balaban J connectivity index is 1.73. The highest BCUT2D eigenvalue weighted by molar-refractivity contribution is 5.97. The number of para-hydroxylation sites is 1. The Morgan fingerprint density at radius 1 is 0.969 bits per heavy atom. The van der Waals surface area contributed by atoms with Gasteiger partial charge in [-0.3, -0.25) is 9.78 Å². The second-order valence-electron chi connectivity index (χ2n) is 7.58. The number of aromatic nitrogens is 1. The van der Waals surface area contributed by atoms with Gasteiger partial charge in [-0.05, 0) is 54.4 Å². The summed E-state index contributed by atoms with van der Waals surface area (Å²) in [4.78, 5) is 31.0. The molecule has 1 N–H and O–H groups in total. The summed E-state index contributed by atoms with van der Waals surface area (Å²) >= 11 is 0. The second-order valence-corrected chi connectivity index (χ2v) is 7.58. The zero-order chi connectivity index (χ0) is 22.7. The maximum absolute atomic E-state index is 13.6. The number of carboxylic acid groups (broad SMARTS) is 1. The van der Waals surface area contributed by atoms with Crippen molar-refractivity contribution < 1.29 is 19.1 Å². The maximum Gasteiger partial charge on any atom is 0.335 e. The molecule has 5 nitrogen and oxygen atoms in total. The van der Waals surface area contributed by atoms with Crippen LogP contribution in [-0.2, 0) is 6.54 Å². The van der Waals surface area contributed by atoms with E-state index >= 15 is 0 Å². The van der Waals surface area contributed by atoms with Crippen molar-refractivity contribution in [2.75, 3.05) is 0 Å². The number of carbonyl (C=O) groups excluding carboxylic acids is 1. The largest absolute Gasteiger partial charge is 0.478 e. The van der Waals surface area contributed by atoms with E-state index in [-0.39, 0.29) is 29.9 Å². The van der Waals surface area contributed by atoms with Crippen LogP contribution in [0, 0.1) is 5.82 Å². The Morgan fingerprint density at radius 3 is 2.47 bits per heavy atom. The Hall–Kier alpha value is -4.06. The van der Waals surface area contributed by atoms with Gasteiger partial charge in [0.25, 0.3) is 5.91 Å². The number of pyridine rings is 1. The predicted molar refractivity (Wildman–Crippen MR) is 120 cm³/mol. The summed E-state index contributed by atoms with van der Waals surface area (Å²) < 4.78 is 13.4. The van der Waals surface area contributed by atoms with Crippen LogP contribution in [0.5, 0.6) is 0 Å². The predicted octanol–water partition coefficient (Wildman–Crippen LogP) is 5.48. The summed E-state index contributed by atoms with van der Waals surface area (Å²) in [6, 6.07) is 21.4. The third-order valence-electron chi connectivity index (χ3n) is 5.45. The minimum atomic E-state index is -1.03. The first-order valence-electron chi connectivity index (χ1n) is 10.2. The average Bonchev–Trinajstić information content (AvgIpc) is 2.82. The van der Waals surface area contributed by atoms with Crippen LogP contribution >= 0.6 is 0 Å². The lowest BCUT2D eigenvalue weighted by Crippen LogP contribution is -2.33. The lowest BCUT2D eigenvalue weighted by atomic mass is 10.0. The number of hydrogen-bond acceptors (Lipinski definition) is 3. The smallest absolute Gasteiger partial charge is 0.335 e. The van der Waals surface area contributed by atoms with Crippen LogP contribution in [0.4, 0.5) is 4.39 Å². The van der Waals surface area contributed by atoms with Gasteiger partial charge in [-0.15, -0.1) is 0 Å². The number of carboxylic acids is 1. The van der Waals surface area contributed by atoms with E-state index in [1.807, 2.05) is 31.2 Å². The Labute approximate surface area is 184 Å². The van der Waals surface area contributed by atoms with E-state index < -0.39 is 5.97 Å². The molecule has 1 aromatic heterocycles. The third-order valence-corrected chi connectivity index (χ3v) is 5.45. The van der Waals surface area contributed by atoms with Gasteiger partial charge < -0.3 is 10.0 Å². The van der Waals surface area contributed by atoms with Crippen molar-refractivity contribution in [3.05, 3.63) is 113 Å². The van der Waals surface area contributed by atoms with E-state index in [0.717, 1.165) is 16.5 Å². The molecule has 0 bridgehead atoms. The Morgan fingerprint density at radius 2 is 1.72 bits per heavy atom. The molecule has 4 rings (SSSR count). The molecule has 0 aliphatic rings. The van der Waals surface area contributed by atoms with Crippen LogP contribution in [0.15, 0.2) is 85.1 Å². The van der Waals surface area contributed by atoms with Gasteiger partial charge in [-0.25, -0.2) is 9.18 Å². The number of benzene rings is 3. The normalized spacial score (nSPS) is 11.8. The maximum atomic E-state index is 13.6. The zero-order valence-electron chi connectivity index (χ0n) is 17.4. The van der Waals surface area contributed by atoms with Gasteiger partial charge in [0.05, 0.1) is 22.7 Å². The van der Waals surface area contributed by atoms with Crippen LogP contribution in [0.1, 0.15) is 44.8 Å². The molecule has 1 atom stereocenters. The van der Waals surface area contributed by atoms with Gasteiger partial charge in [0, 0.05) is 18.1 Å². The molecule has 0 saturated heterocycles. The molecule has 6 heteroatoms. The molecule has 0 aliphatic carbocycles. The highest BCUT2D eigenvalue weighted by atomic mass is 19.1. The van der Waals surface area contributed by atoms with Crippen molar-refractivity contribution in [3.8, 4) is 0 Å². The standard InChI is InChI=1S/C26H21FN2O3/c1-17(19-9-11-23(27)12-10-19)29(16-18-5-4-7-21(13-18)26(31)32)25(30)22-14-20-6-2-3-8-24(20)28-15-22/h2-15,17H,16H2,1H3,(H,31,32)/t17-/m0/s1. The van der Waals surface area contributed by atoms with Crippen molar-refractivity contribution in [2.24, 2.45) is 0 Å². The molecule has 160 valence electrons. The summed E-state index contributed by atoms with van der Waals surface area (Å²) in [5.74, 6) is -1.64. The molecule has 0 radical (unpaired) electrons. The van der Waals surface area contributed by atoms with Crippen molar-refractivity contribution in [1.82, 2.24) is 9.88 Å². The number of halogens is 1. The number of nitrogens with zero attached hydrogens (tertiary/aromatic N) is 2. The fraction of sp³-hybridized carbons (Fsp3) is 0.115. The first kappa shape index (κ1) is 21.2. The highest BCUT2D eigenvalue weighted by Crippen LogP contribution is 2.26. The third kappa shape index (κ3) is 4.49. The van der Waals surface area contributed by atoms with Gasteiger partial charge >= 0.3 is 5.97 Å². The van der Waals surface area contributed by atoms with E-state index in [1.54, 1.807) is 47.5 Å². The van der Waals surface area contributed by atoms with E-state index in [1.165, 1.54) is 18.2 Å². The number of rotatable bonds is 6. The highest BCUT2D eigenvalue weighted by Gasteiger charge is 2.24. The van der Waals surface area contributed by atoms with Crippen LogP contribution in [-0.4, -0.2) is 26.9 Å². The van der Waals surface area contributed by atoms with E-state index in [0.29, 0.717) is 11.1 Å². The summed E-state index contributed by atoms with van der Waals surface area (Å²) in [5.41, 5.74) is 2.81. The fourth-order valence-electron chi connectivity index (χ4n) is 3.66. The lowest BCUT2D eigenvalue weighted by molar-refractivity contribution is 0.0673. The van der Waals surface area contributed by atoms with Crippen LogP contribution in [0.2, 0.25) is 0 Å². The van der Waals surface area contributed by atoms with Gasteiger partial charge in [-0.2, -0.15) is 0 Å². The molecule has 0 aliphatic heterocycles. The summed E-state index contributed by atoms with van der Waals surface area (Å²) in [5, 5.41) is 10.2. The minimum absolute atomic E-state index is 0.150. The van der Waals surface area contributed by atoms with E-state index in [9.17, 15) is 19.1 Å². The molecule has 1 amide bonds. The van der Waals surface area contributed by atoms with Crippen molar-refractivity contribution >= 4 is 22.8 Å². The number of amides is 1. The van der Waals surface area contributed by atoms with Gasteiger partial charge in [0.15, 0.2) is 0 Å². The topological polar surface area (TPSA) is 70.5 Å². The first-order chi connectivity index (χ1) is 15.4. The van der Waals surface area contributed by atoms with Crippen molar-refractivity contribution in [1.29, 1.82) is 0 Å². The van der Waals surface area contributed by atoms with E-state index in [4.69, 9.17) is 0 Å². The van der Waals surface area contributed by atoms with Crippen LogP contribution in [0.3, 0.4) is 0 Å². The molecule has 32 heavy (non-hydrogen) atoms. The molecule has 0 spiro atoms. The fourth-order valence-corrected chi connectivity index (χ4v) is 3.66. The quantitative estimate of drug-likeness (QED) is 0.442. The molecule has 0 fully saturated rings. The second kappa shape index (κ2) is 8.98. The molecule has 1 heterocycles. The first-order valence-corrected chi connectivity index (χ1v) is 10.2. The summed E-state index contributed by atoms with van der Waals surface area (Å²) in [6.07, 6.45) is 1.54. The Bertz CT molecular complexity index is 1290. The summed E-state index contributed by atoms with van der Waals surface area (Å²) in [6.45, 7) is 2.05. The average molecular weight is 428 g/mol. The van der Waals surface area contributed by atoms with Gasteiger partial charge in [0.1, 0.15) is 5.82 Å². The molecule has 0 unspecified atom stereocenters. The molecule has 4 aromatic rings. The number of aromatic carboxylic acids is 1. The van der Waals surface area contributed by atoms with Crippen LogP contribution < -0.4 is 0 Å². The summed E-state index contributed by atoms with van der Waals surface area (Å²) in [7, 11) is 0. The molecule has 0 saturated carbocycles. The van der Waals surface area contributed by atoms with Gasteiger partial charge in [-0.1, -0.05) is 42.5 Å². The lowest BCUT2D eigenvalue weighted by Gasteiger charge is -2.30. The number of hydrogen-bond donors (Lipinski definition) is 1. The van der Waals surface area contributed by atoms with Crippen molar-refractivity contribution in [2.45, 2.75) is 19.5 Å². The van der Waals surface area contributed by atoms with Gasteiger partial charge in [0.2, 0.25) is 0 Å². The number of fused-ring (bicyclic) bond motifs is 1. The zero-order valence-corrected chi connectivity index (χ0v) is 17.4. The minimum Gasteiger partial charge on any atom is -0.478 e. The Kier molecular flexibility index (Phi) is 5.94.